The second kappa shape index (κ2) is 8.07. The van der Waals surface area contributed by atoms with E-state index >= 15 is 0 Å². The SMILES string of the molecule is CC(C)OC1=C(OC(C)C)C(O)(c2ccc(OCc3ccccc3)cc2)C1=O. The molecule has 148 valence electrons. The Balaban J connectivity index is 1.79. The molecule has 0 aromatic heterocycles. The van der Waals surface area contributed by atoms with Gasteiger partial charge >= 0.3 is 0 Å². The summed E-state index contributed by atoms with van der Waals surface area (Å²) >= 11 is 0. The van der Waals surface area contributed by atoms with Gasteiger partial charge in [0, 0.05) is 0 Å². The molecule has 1 N–H and O–H groups in total. The molecule has 0 saturated heterocycles. The van der Waals surface area contributed by atoms with Crippen molar-refractivity contribution >= 4 is 5.78 Å². The van der Waals surface area contributed by atoms with Gasteiger partial charge in [-0.1, -0.05) is 42.5 Å². The minimum absolute atomic E-state index is 0.0932. The smallest absolute Gasteiger partial charge is 0.245 e. The van der Waals surface area contributed by atoms with Gasteiger partial charge in [0.15, 0.2) is 5.76 Å². The molecule has 0 saturated carbocycles. The monoisotopic (exact) mass is 382 g/mol. The largest absolute Gasteiger partial charge is 0.489 e. The number of hydrogen-bond donors (Lipinski definition) is 1. The molecule has 1 unspecified atom stereocenters. The zero-order valence-corrected chi connectivity index (χ0v) is 16.6. The number of carbonyl (C=O) groups excluding carboxylic acids is 1. The second-order valence-electron chi connectivity index (χ2n) is 7.33. The zero-order valence-electron chi connectivity index (χ0n) is 16.6. The zero-order chi connectivity index (χ0) is 20.3. The Labute approximate surface area is 165 Å². The molecule has 2 aromatic carbocycles. The van der Waals surface area contributed by atoms with Crippen LogP contribution in [0.1, 0.15) is 38.8 Å². The van der Waals surface area contributed by atoms with Crippen molar-refractivity contribution in [2.24, 2.45) is 0 Å². The number of aliphatic hydroxyl groups is 1. The van der Waals surface area contributed by atoms with Crippen molar-refractivity contribution in [2.75, 3.05) is 0 Å². The van der Waals surface area contributed by atoms with Gasteiger partial charge in [-0.2, -0.15) is 0 Å². The van der Waals surface area contributed by atoms with Crippen LogP contribution in [0.3, 0.4) is 0 Å². The van der Waals surface area contributed by atoms with E-state index in [0.29, 0.717) is 17.9 Å². The first-order valence-corrected chi connectivity index (χ1v) is 9.45. The number of carbonyl (C=O) groups is 1. The molecule has 0 bridgehead atoms. The summed E-state index contributed by atoms with van der Waals surface area (Å²) in [4.78, 5) is 12.7. The summed E-state index contributed by atoms with van der Waals surface area (Å²) in [5.41, 5.74) is -0.339. The summed E-state index contributed by atoms with van der Waals surface area (Å²) in [6.45, 7) is 7.76. The van der Waals surface area contributed by atoms with E-state index in [4.69, 9.17) is 14.2 Å². The van der Waals surface area contributed by atoms with Crippen molar-refractivity contribution in [2.45, 2.75) is 52.1 Å². The van der Waals surface area contributed by atoms with Crippen molar-refractivity contribution in [1.29, 1.82) is 0 Å². The van der Waals surface area contributed by atoms with Crippen molar-refractivity contribution in [3.63, 3.8) is 0 Å². The molecule has 0 aliphatic heterocycles. The normalized spacial score (nSPS) is 19.0. The van der Waals surface area contributed by atoms with Gasteiger partial charge in [0.2, 0.25) is 17.1 Å². The predicted octanol–water partition coefficient (Wildman–Crippen LogP) is 4.10. The van der Waals surface area contributed by atoms with Gasteiger partial charge in [0.25, 0.3) is 0 Å². The second-order valence-corrected chi connectivity index (χ2v) is 7.33. The summed E-state index contributed by atoms with van der Waals surface area (Å²) in [5.74, 6) is 0.418. The molecule has 28 heavy (non-hydrogen) atoms. The van der Waals surface area contributed by atoms with Crippen LogP contribution in [-0.4, -0.2) is 23.1 Å². The van der Waals surface area contributed by atoms with Crippen LogP contribution >= 0.6 is 0 Å². The van der Waals surface area contributed by atoms with E-state index in [-0.39, 0.29) is 23.7 Å². The minimum atomic E-state index is -1.83. The van der Waals surface area contributed by atoms with Crippen molar-refractivity contribution in [1.82, 2.24) is 0 Å². The highest BCUT2D eigenvalue weighted by molar-refractivity contribution is 6.10. The third-order valence-corrected chi connectivity index (χ3v) is 4.30. The van der Waals surface area contributed by atoms with Crippen LogP contribution in [0.2, 0.25) is 0 Å². The molecular weight excluding hydrogens is 356 g/mol. The highest BCUT2D eigenvalue weighted by Crippen LogP contribution is 2.45. The van der Waals surface area contributed by atoms with Gasteiger partial charge in [-0.15, -0.1) is 0 Å². The maximum atomic E-state index is 12.7. The predicted molar refractivity (Wildman–Crippen MR) is 106 cm³/mol. The fourth-order valence-electron chi connectivity index (χ4n) is 2.99. The summed E-state index contributed by atoms with van der Waals surface area (Å²) in [6.07, 6.45) is -0.392. The summed E-state index contributed by atoms with van der Waals surface area (Å²) in [6, 6.07) is 16.7. The van der Waals surface area contributed by atoms with Crippen LogP contribution in [-0.2, 0) is 26.5 Å². The van der Waals surface area contributed by atoms with Crippen LogP contribution in [0.25, 0.3) is 0 Å². The lowest BCUT2D eigenvalue weighted by Gasteiger charge is -2.39. The van der Waals surface area contributed by atoms with E-state index < -0.39 is 11.4 Å². The van der Waals surface area contributed by atoms with Crippen LogP contribution in [0.4, 0.5) is 0 Å². The lowest BCUT2D eigenvalue weighted by Crippen LogP contribution is -2.51. The van der Waals surface area contributed by atoms with Gasteiger partial charge in [-0.05, 0) is 51.0 Å². The fraction of sp³-hybridized carbons (Fsp3) is 0.348. The Morgan fingerprint density at radius 1 is 0.893 bits per heavy atom. The Hall–Kier alpha value is -2.79. The number of rotatable bonds is 8. The van der Waals surface area contributed by atoms with Crippen LogP contribution < -0.4 is 4.74 Å². The summed E-state index contributed by atoms with van der Waals surface area (Å²) < 4.78 is 17.1. The van der Waals surface area contributed by atoms with Gasteiger partial charge in [0.1, 0.15) is 12.4 Å². The van der Waals surface area contributed by atoms with Gasteiger partial charge in [-0.3, -0.25) is 4.79 Å². The Morgan fingerprint density at radius 2 is 1.50 bits per heavy atom. The Bertz CT molecular complexity index is 852. The molecule has 0 spiro atoms. The highest BCUT2D eigenvalue weighted by Gasteiger charge is 2.58. The van der Waals surface area contributed by atoms with Gasteiger partial charge in [-0.25, -0.2) is 0 Å². The first kappa shape index (κ1) is 20.0. The van der Waals surface area contributed by atoms with Crippen molar-refractivity contribution in [3.05, 3.63) is 77.2 Å². The van der Waals surface area contributed by atoms with E-state index in [0.717, 1.165) is 5.56 Å². The van der Waals surface area contributed by atoms with Crippen LogP contribution in [0.15, 0.2) is 66.1 Å². The first-order chi connectivity index (χ1) is 13.3. The van der Waals surface area contributed by atoms with Gasteiger partial charge in [0.05, 0.1) is 12.2 Å². The average molecular weight is 382 g/mol. The standard InChI is InChI=1S/C23H26O5/c1-15(2)27-20-21(24)23(25,22(20)28-16(3)4)18-10-12-19(13-11-18)26-14-17-8-6-5-7-9-17/h5-13,15-16,25H,14H2,1-4H3. The highest BCUT2D eigenvalue weighted by atomic mass is 16.6. The number of ketones is 1. The molecule has 1 aliphatic rings. The molecule has 0 fully saturated rings. The molecule has 3 rings (SSSR count). The maximum absolute atomic E-state index is 12.7. The van der Waals surface area contributed by atoms with Crippen LogP contribution in [0, 0.1) is 0 Å². The molecule has 2 aromatic rings. The molecule has 0 heterocycles. The van der Waals surface area contributed by atoms with Gasteiger partial charge < -0.3 is 19.3 Å². The van der Waals surface area contributed by atoms with Crippen molar-refractivity contribution in [3.8, 4) is 5.75 Å². The third kappa shape index (κ3) is 3.90. The fourth-order valence-corrected chi connectivity index (χ4v) is 2.99. The molecular formula is C23H26O5. The molecule has 5 heteroatoms. The van der Waals surface area contributed by atoms with E-state index in [9.17, 15) is 9.90 Å². The van der Waals surface area contributed by atoms with E-state index in [1.165, 1.54) is 0 Å². The lowest BCUT2D eigenvalue weighted by molar-refractivity contribution is -0.151. The Kier molecular flexibility index (Phi) is 5.75. The number of ether oxygens (including phenoxy) is 3. The molecule has 1 atom stereocenters. The third-order valence-electron chi connectivity index (χ3n) is 4.30. The van der Waals surface area contributed by atoms with Crippen molar-refractivity contribution < 1.29 is 24.1 Å². The molecule has 5 nitrogen and oxygen atoms in total. The number of benzene rings is 2. The Morgan fingerprint density at radius 3 is 2.07 bits per heavy atom. The molecule has 1 aliphatic carbocycles. The van der Waals surface area contributed by atoms with Crippen LogP contribution in [0.5, 0.6) is 5.75 Å². The maximum Gasteiger partial charge on any atom is 0.245 e. The summed E-state index contributed by atoms with van der Waals surface area (Å²) in [5, 5.41) is 11.1. The number of Topliss-reactive ketones (excluding diaryl/α,β-unsaturated/α-hetero) is 1. The van der Waals surface area contributed by atoms with E-state index in [1.54, 1.807) is 24.3 Å². The number of hydrogen-bond acceptors (Lipinski definition) is 5. The van der Waals surface area contributed by atoms with E-state index in [1.807, 2.05) is 58.0 Å². The minimum Gasteiger partial charge on any atom is -0.489 e. The van der Waals surface area contributed by atoms with E-state index in [2.05, 4.69) is 0 Å². The lowest BCUT2D eigenvalue weighted by atomic mass is 9.77. The first-order valence-electron chi connectivity index (χ1n) is 9.45. The molecule has 0 amide bonds. The molecule has 0 radical (unpaired) electrons. The quantitative estimate of drug-likeness (QED) is 0.745. The average Bonchev–Trinajstić information content (AvgIpc) is 2.69. The topological polar surface area (TPSA) is 65.0 Å². The summed E-state index contributed by atoms with van der Waals surface area (Å²) in [7, 11) is 0.